The van der Waals surface area contributed by atoms with E-state index in [1.165, 1.54) is 153 Å². The van der Waals surface area contributed by atoms with E-state index in [0.717, 1.165) is 114 Å². The molecule has 8 nitrogen and oxygen atoms in total. The molecule has 12 rings (SSSR count). The molecule has 0 aliphatic heterocycles. The number of benzene rings is 4. The highest BCUT2D eigenvalue weighted by molar-refractivity contribution is 5.63. The van der Waals surface area contributed by atoms with Crippen LogP contribution in [0.15, 0.2) is 48.5 Å². The van der Waals surface area contributed by atoms with E-state index in [1.807, 2.05) is 24.3 Å². The van der Waals surface area contributed by atoms with E-state index in [9.17, 15) is 40.9 Å². The summed E-state index contributed by atoms with van der Waals surface area (Å²) in [6, 6.07) is 14.2. The van der Waals surface area contributed by atoms with Gasteiger partial charge in [0, 0.05) is 92.4 Å². The summed E-state index contributed by atoms with van der Waals surface area (Å²) >= 11 is 0. The number of phenols is 8. The Morgan fingerprint density at radius 2 is 0.518 bits per heavy atom. The standard InChI is InChI=1S/C77H108O8/c1-3-47(25-24-46(2)48-16-8-4-9-17-48)74-58-38-60(68(80)42-66(58)78)75(55-32-26-52(27-33-55)49-18-10-5-11-19-49)62-40-64(72(84)44-70(62)82)77(57-36-30-54(31-37-57)51-22-14-7-15-23-51)65-41-63(71(83)45-73(65)85)76(61-39-59(74)67(79)43-69(61)81)56-34-28-53(29-35-56)50-20-12-6-13-21-50/h38-57,74-85H,3-37H2,1-2H3. The minimum absolute atomic E-state index is 0.0165. The highest BCUT2D eigenvalue weighted by Gasteiger charge is 2.43. The third-order valence-corrected chi connectivity index (χ3v) is 25.6. The van der Waals surface area contributed by atoms with Gasteiger partial charge >= 0.3 is 0 Å². The molecule has 4 aromatic rings. The molecule has 7 saturated carbocycles. The van der Waals surface area contributed by atoms with Crippen LogP contribution in [0.4, 0.5) is 0 Å². The molecule has 0 heterocycles. The van der Waals surface area contributed by atoms with E-state index >= 15 is 0 Å². The van der Waals surface area contributed by atoms with Gasteiger partial charge < -0.3 is 40.9 Å². The zero-order chi connectivity index (χ0) is 58.9. The summed E-state index contributed by atoms with van der Waals surface area (Å²) in [5.41, 5.74) is 5.07. The number of aromatic hydroxyl groups is 8. The molecule has 0 radical (unpaired) electrons. The molecule has 7 fully saturated rings. The molecular formula is C77H108O8. The molecular weight excluding hydrogens is 1050 g/mol. The van der Waals surface area contributed by atoms with Crippen molar-refractivity contribution >= 4 is 0 Å². The van der Waals surface area contributed by atoms with Crippen LogP contribution in [0.2, 0.25) is 0 Å². The Morgan fingerprint density at radius 3 is 0.800 bits per heavy atom. The lowest BCUT2D eigenvalue weighted by atomic mass is 9.64. The number of hydrogen-bond donors (Lipinski definition) is 8. The third kappa shape index (κ3) is 12.8. The maximum atomic E-state index is 12.7. The Labute approximate surface area is 510 Å². The largest absolute Gasteiger partial charge is 0.508 e. The lowest BCUT2D eigenvalue weighted by Crippen LogP contribution is -2.28. The second-order valence-electron chi connectivity index (χ2n) is 30.1. The lowest BCUT2D eigenvalue weighted by Gasteiger charge is -2.41. The van der Waals surface area contributed by atoms with Gasteiger partial charge in [-0.25, -0.2) is 0 Å². The summed E-state index contributed by atoms with van der Waals surface area (Å²) in [6.07, 6.45) is 40.2. The van der Waals surface area contributed by atoms with Crippen molar-refractivity contribution in [2.75, 3.05) is 0 Å². The molecule has 4 aromatic carbocycles. The Kier molecular flexibility index (Phi) is 19.2. The first-order chi connectivity index (χ1) is 41.3. The molecule has 4 atom stereocenters. The molecule has 8 N–H and O–H groups in total. The predicted octanol–water partition coefficient (Wildman–Crippen LogP) is 20.4. The maximum absolute atomic E-state index is 12.7. The maximum Gasteiger partial charge on any atom is 0.123 e. The molecule has 0 saturated heterocycles. The summed E-state index contributed by atoms with van der Waals surface area (Å²) in [5, 5.41) is 102. The van der Waals surface area contributed by atoms with Gasteiger partial charge in [-0.3, -0.25) is 0 Å². The zero-order valence-electron chi connectivity index (χ0n) is 52.2. The molecule has 0 amide bonds. The van der Waals surface area contributed by atoms with E-state index in [4.69, 9.17) is 0 Å². The summed E-state index contributed by atoms with van der Waals surface area (Å²) in [6.45, 7) is 4.64. The number of hydrogen-bond acceptors (Lipinski definition) is 8. The van der Waals surface area contributed by atoms with Crippen LogP contribution in [0.3, 0.4) is 0 Å². The fraction of sp³-hybridized carbons (Fsp3) is 0.688. The van der Waals surface area contributed by atoms with Gasteiger partial charge in [0.1, 0.15) is 46.0 Å². The van der Waals surface area contributed by atoms with Crippen molar-refractivity contribution in [1.82, 2.24) is 0 Å². The number of phenolic OH excluding ortho intramolecular Hbond substituents is 8. The number of rotatable bonds is 12. The zero-order valence-corrected chi connectivity index (χ0v) is 52.2. The first-order valence-electron chi connectivity index (χ1n) is 35.6. The average molecular weight is 1160 g/mol. The Hall–Kier alpha value is -4.72. The van der Waals surface area contributed by atoms with Crippen molar-refractivity contribution < 1.29 is 40.9 Å². The van der Waals surface area contributed by atoms with Gasteiger partial charge in [-0.2, -0.15) is 0 Å². The van der Waals surface area contributed by atoms with Gasteiger partial charge in [-0.1, -0.05) is 155 Å². The van der Waals surface area contributed by atoms with Crippen LogP contribution >= 0.6 is 0 Å². The summed E-state index contributed by atoms with van der Waals surface area (Å²) in [4.78, 5) is 0. The predicted molar refractivity (Wildman–Crippen MR) is 341 cm³/mol. The van der Waals surface area contributed by atoms with E-state index < -0.39 is 23.7 Å². The molecule has 85 heavy (non-hydrogen) atoms. The molecule has 8 bridgehead atoms. The van der Waals surface area contributed by atoms with Gasteiger partial charge in [0.15, 0.2) is 0 Å². The van der Waals surface area contributed by atoms with Crippen molar-refractivity contribution in [3.8, 4) is 46.0 Å². The van der Waals surface area contributed by atoms with Crippen LogP contribution in [-0.2, 0) is 0 Å². The highest BCUT2D eigenvalue weighted by Crippen LogP contribution is 2.59. The van der Waals surface area contributed by atoms with Crippen molar-refractivity contribution in [2.45, 2.75) is 262 Å². The normalized spacial score (nSPS) is 30.4. The highest BCUT2D eigenvalue weighted by atomic mass is 16.3. The lowest BCUT2D eigenvalue weighted by molar-refractivity contribution is 0.158. The summed E-state index contributed by atoms with van der Waals surface area (Å²) < 4.78 is 0. The molecule has 8 heteroatoms. The quantitative estimate of drug-likeness (QED) is 0.0696. The van der Waals surface area contributed by atoms with Crippen molar-refractivity contribution in [3.63, 3.8) is 0 Å². The van der Waals surface area contributed by atoms with Gasteiger partial charge in [0.25, 0.3) is 0 Å². The molecule has 464 valence electrons. The van der Waals surface area contributed by atoms with Crippen LogP contribution in [-0.4, -0.2) is 40.9 Å². The van der Waals surface area contributed by atoms with E-state index in [2.05, 4.69) is 13.8 Å². The average Bonchev–Trinajstić information content (AvgIpc) is 2.51. The number of fused-ring (bicyclic) bond motifs is 8. The topological polar surface area (TPSA) is 162 Å². The first-order valence-corrected chi connectivity index (χ1v) is 35.6. The van der Waals surface area contributed by atoms with Crippen molar-refractivity contribution in [3.05, 3.63) is 93.0 Å². The van der Waals surface area contributed by atoms with Gasteiger partial charge in [-0.05, 0) is 179 Å². The summed E-state index contributed by atoms with van der Waals surface area (Å²) in [7, 11) is 0. The van der Waals surface area contributed by atoms with Gasteiger partial charge in [0.2, 0.25) is 0 Å². The van der Waals surface area contributed by atoms with Crippen LogP contribution in [0.1, 0.15) is 307 Å². The smallest absolute Gasteiger partial charge is 0.123 e. The van der Waals surface area contributed by atoms with E-state index in [1.54, 1.807) is 0 Å². The first kappa shape index (κ1) is 60.6. The second-order valence-corrected chi connectivity index (χ2v) is 30.1. The van der Waals surface area contributed by atoms with E-state index in [0.29, 0.717) is 74.1 Å². The van der Waals surface area contributed by atoms with Crippen LogP contribution in [0, 0.1) is 71.0 Å². The SMILES string of the molecule is CCC(CCC(C)C1CCCCC1)C1c2cc(c(O)cc2O)C(C2CCC(C3CCCCC3)CC2)c2cc(c(O)cc2O)C(C2CCC(C3CCCCC3)CC2)c2cc(c(O)cc2O)C(C2CCC(C3CCCCC3)CC2)c2cc1c(O)cc2O. The minimum atomic E-state index is -0.554. The fourth-order valence-corrected chi connectivity index (χ4v) is 20.8. The van der Waals surface area contributed by atoms with Gasteiger partial charge in [-0.15, -0.1) is 0 Å². The minimum Gasteiger partial charge on any atom is -0.508 e. The second kappa shape index (κ2) is 26.9. The van der Waals surface area contributed by atoms with Crippen LogP contribution in [0.5, 0.6) is 46.0 Å². The van der Waals surface area contributed by atoms with E-state index in [-0.39, 0.29) is 69.7 Å². The molecule has 8 aliphatic carbocycles. The Bertz CT molecular complexity index is 2700. The van der Waals surface area contributed by atoms with Crippen molar-refractivity contribution in [1.29, 1.82) is 0 Å². The van der Waals surface area contributed by atoms with Crippen LogP contribution in [0.25, 0.3) is 0 Å². The molecule has 8 aliphatic rings. The third-order valence-electron chi connectivity index (χ3n) is 25.6. The van der Waals surface area contributed by atoms with Gasteiger partial charge in [0.05, 0.1) is 0 Å². The Balaban J connectivity index is 1.06. The van der Waals surface area contributed by atoms with Crippen molar-refractivity contribution in [2.24, 2.45) is 71.0 Å². The summed E-state index contributed by atoms with van der Waals surface area (Å²) in [5.74, 6) is 2.83. The molecule has 0 spiro atoms. The molecule has 4 unspecified atom stereocenters. The Morgan fingerprint density at radius 1 is 0.282 bits per heavy atom. The fourth-order valence-electron chi connectivity index (χ4n) is 20.8. The molecule has 0 aromatic heterocycles. The monoisotopic (exact) mass is 1160 g/mol. The van der Waals surface area contributed by atoms with Crippen LogP contribution < -0.4 is 0 Å².